The van der Waals surface area contributed by atoms with Crippen LogP contribution >= 0.6 is 11.3 Å². The third-order valence-corrected chi connectivity index (χ3v) is 10.3. The van der Waals surface area contributed by atoms with Crippen LogP contribution in [0.15, 0.2) is 156 Å². The van der Waals surface area contributed by atoms with Crippen molar-refractivity contribution < 1.29 is 4.42 Å². The van der Waals surface area contributed by atoms with E-state index in [9.17, 15) is 0 Å². The molecular formula is C43H25N5OS. The average Bonchev–Trinajstić information content (AvgIpc) is 3.76. The van der Waals surface area contributed by atoms with Gasteiger partial charge in [0.25, 0.3) is 0 Å². The number of aromatic nitrogens is 5. The molecule has 0 saturated heterocycles. The second-order valence-electron chi connectivity index (χ2n) is 12.1. The van der Waals surface area contributed by atoms with Gasteiger partial charge in [-0.2, -0.15) is 0 Å². The maximum atomic E-state index is 6.46. The zero-order chi connectivity index (χ0) is 33.0. The Morgan fingerprint density at radius 1 is 0.460 bits per heavy atom. The van der Waals surface area contributed by atoms with Crippen LogP contribution in [0.3, 0.4) is 0 Å². The summed E-state index contributed by atoms with van der Waals surface area (Å²) in [6, 6.07) is 47.7. The van der Waals surface area contributed by atoms with Crippen LogP contribution < -0.4 is 0 Å². The molecular weight excluding hydrogens is 635 g/mol. The summed E-state index contributed by atoms with van der Waals surface area (Å²) in [4.78, 5) is 24.9. The molecule has 0 spiro atoms. The van der Waals surface area contributed by atoms with E-state index in [1.165, 1.54) is 10.3 Å². The molecule has 0 saturated carbocycles. The molecule has 0 unspecified atom stereocenters. The Bertz CT molecular complexity index is 2810. The van der Waals surface area contributed by atoms with Crippen LogP contribution in [-0.2, 0) is 0 Å². The standard InChI is InChI=1S/C43H25N5OS/c1-4-11-26(12-5-1)32-22-30(23-33-35-24-44-25-45-43(35)50-39(32)33)29-19-20-36-34(21-29)38-31(17-10-18-37(38)49-36)42-47-40(27-13-6-2-7-14-27)46-41(48-42)28-15-8-3-9-16-28/h1-25H. The minimum absolute atomic E-state index is 0.592. The molecule has 0 amide bonds. The molecule has 0 bridgehead atoms. The van der Waals surface area contributed by atoms with Gasteiger partial charge in [0.15, 0.2) is 17.5 Å². The van der Waals surface area contributed by atoms with E-state index in [-0.39, 0.29) is 0 Å². The first kappa shape index (κ1) is 28.4. The van der Waals surface area contributed by atoms with Gasteiger partial charge in [-0.25, -0.2) is 24.9 Å². The van der Waals surface area contributed by atoms with Gasteiger partial charge in [0.05, 0.1) is 0 Å². The average molecular weight is 660 g/mol. The summed E-state index contributed by atoms with van der Waals surface area (Å²) in [5, 5.41) is 4.16. The SMILES string of the molecule is c1ccc(-c2nc(-c3ccccc3)nc(-c3cccc4oc5ccc(-c6cc(-c7ccccc7)c7sc8ncncc8c7c6)cc5c34)n2)cc1. The summed E-state index contributed by atoms with van der Waals surface area (Å²) >= 11 is 1.71. The normalized spacial score (nSPS) is 11.6. The Morgan fingerprint density at radius 3 is 1.84 bits per heavy atom. The first-order chi connectivity index (χ1) is 24.8. The number of fused-ring (bicyclic) bond motifs is 6. The van der Waals surface area contributed by atoms with E-state index in [0.717, 1.165) is 70.9 Å². The topological polar surface area (TPSA) is 77.6 Å². The number of thiophene rings is 1. The molecule has 4 heterocycles. The van der Waals surface area contributed by atoms with Crippen LogP contribution in [0.2, 0.25) is 0 Å². The lowest BCUT2D eigenvalue weighted by Gasteiger charge is -2.10. The minimum atomic E-state index is 0.592. The molecule has 0 aliphatic rings. The zero-order valence-corrected chi connectivity index (χ0v) is 27.3. The molecule has 50 heavy (non-hydrogen) atoms. The van der Waals surface area contributed by atoms with Gasteiger partial charge in [-0.1, -0.05) is 109 Å². The Balaban J connectivity index is 1.20. The second-order valence-corrected chi connectivity index (χ2v) is 13.1. The van der Waals surface area contributed by atoms with E-state index in [4.69, 9.17) is 19.4 Å². The van der Waals surface area contributed by atoms with Gasteiger partial charge >= 0.3 is 0 Å². The Kier molecular flexibility index (Phi) is 6.57. The summed E-state index contributed by atoms with van der Waals surface area (Å²) in [7, 11) is 0. The number of benzene rings is 6. The molecule has 6 aromatic carbocycles. The molecule has 10 rings (SSSR count). The summed E-state index contributed by atoms with van der Waals surface area (Å²) in [5.41, 5.74) is 8.83. The van der Waals surface area contributed by atoms with Crippen molar-refractivity contribution in [1.82, 2.24) is 24.9 Å². The van der Waals surface area contributed by atoms with E-state index in [0.29, 0.717) is 17.5 Å². The van der Waals surface area contributed by atoms with Gasteiger partial charge in [0, 0.05) is 54.7 Å². The van der Waals surface area contributed by atoms with Gasteiger partial charge < -0.3 is 4.42 Å². The molecule has 10 aromatic rings. The lowest BCUT2D eigenvalue weighted by atomic mass is 9.95. The van der Waals surface area contributed by atoms with Gasteiger partial charge in [-0.3, -0.25) is 0 Å². The third-order valence-electron chi connectivity index (χ3n) is 9.11. The van der Waals surface area contributed by atoms with Crippen molar-refractivity contribution in [2.45, 2.75) is 0 Å². The smallest absolute Gasteiger partial charge is 0.164 e. The van der Waals surface area contributed by atoms with Gasteiger partial charge in [0.2, 0.25) is 0 Å². The van der Waals surface area contributed by atoms with Crippen LogP contribution in [0.1, 0.15) is 0 Å². The molecule has 0 atom stereocenters. The van der Waals surface area contributed by atoms with E-state index in [1.54, 1.807) is 17.7 Å². The molecule has 6 nitrogen and oxygen atoms in total. The summed E-state index contributed by atoms with van der Waals surface area (Å²) in [6.07, 6.45) is 3.54. The van der Waals surface area contributed by atoms with E-state index >= 15 is 0 Å². The Hall–Kier alpha value is -6.57. The van der Waals surface area contributed by atoms with Crippen LogP contribution in [0.5, 0.6) is 0 Å². The monoisotopic (exact) mass is 659 g/mol. The maximum Gasteiger partial charge on any atom is 0.164 e. The fraction of sp³-hybridized carbons (Fsp3) is 0. The first-order valence-corrected chi connectivity index (χ1v) is 17.1. The van der Waals surface area contributed by atoms with Crippen LogP contribution in [0, 0.1) is 0 Å². The van der Waals surface area contributed by atoms with Crippen LogP contribution in [0.4, 0.5) is 0 Å². The van der Waals surface area contributed by atoms with Gasteiger partial charge in [0.1, 0.15) is 22.3 Å². The Morgan fingerprint density at radius 2 is 1.12 bits per heavy atom. The van der Waals surface area contributed by atoms with Crippen molar-refractivity contribution in [2.24, 2.45) is 0 Å². The number of hydrogen-bond donors (Lipinski definition) is 0. The fourth-order valence-corrected chi connectivity index (χ4v) is 7.87. The molecule has 0 fully saturated rings. The highest BCUT2D eigenvalue weighted by Gasteiger charge is 2.19. The van der Waals surface area contributed by atoms with Crippen molar-refractivity contribution in [3.63, 3.8) is 0 Å². The fourth-order valence-electron chi connectivity index (χ4n) is 6.74. The number of nitrogens with zero attached hydrogens (tertiary/aromatic N) is 5. The Labute approximate surface area is 290 Å². The highest BCUT2D eigenvalue weighted by molar-refractivity contribution is 7.26. The predicted octanol–water partition coefficient (Wildman–Crippen LogP) is 11.3. The van der Waals surface area contributed by atoms with E-state index in [2.05, 4.69) is 76.7 Å². The lowest BCUT2D eigenvalue weighted by Crippen LogP contribution is -2.00. The summed E-state index contributed by atoms with van der Waals surface area (Å²) in [6.45, 7) is 0. The van der Waals surface area contributed by atoms with E-state index in [1.807, 2.05) is 79.0 Å². The van der Waals surface area contributed by atoms with Crippen molar-refractivity contribution >= 4 is 53.6 Å². The highest BCUT2D eigenvalue weighted by Crippen LogP contribution is 2.43. The van der Waals surface area contributed by atoms with Crippen LogP contribution in [-0.4, -0.2) is 24.9 Å². The number of rotatable bonds is 5. The highest BCUT2D eigenvalue weighted by atomic mass is 32.1. The van der Waals surface area contributed by atoms with Gasteiger partial charge in [-0.15, -0.1) is 11.3 Å². The van der Waals surface area contributed by atoms with Crippen LogP contribution in [0.25, 0.3) is 98.7 Å². The molecule has 0 aliphatic heterocycles. The number of hydrogen-bond acceptors (Lipinski definition) is 7. The molecule has 7 heteroatoms. The largest absolute Gasteiger partial charge is 0.456 e. The van der Waals surface area contributed by atoms with Crippen molar-refractivity contribution in [3.8, 4) is 56.4 Å². The zero-order valence-electron chi connectivity index (χ0n) is 26.5. The minimum Gasteiger partial charge on any atom is -0.456 e. The number of furan rings is 1. The van der Waals surface area contributed by atoms with Crippen molar-refractivity contribution in [1.29, 1.82) is 0 Å². The molecule has 0 radical (unpaired) electrons. The molecule has 0 aliphatic carbocycles. The maximum absolute atomic E-state index is 6.46. The van der Waals surface area contributed by atoms with E-state index < -0.39 is 0 Å². The third kappa shape index (κ3) is 4.75. The summed E-state index contributed by atoms with van der Waals surface area (Å²) in [5.74, 6) is 1.83. The quantitative estimate of drug-likeness (QED) is 0.183. The predicted molar refractivity (Wildman–Crippen MR) is 203 cm³/mol. The second kappa shape index (κ2) is 11.5. The van der Waals surface area contributed by atoms with Crippen molar-refractivity contribution in [3.05, 3.63) is 152 Å². The molecule has 4 aromatic heterocycles. The first-order valence-electron chi connectivity index (χ1n) is 16.3. The molecule has 234 valence electrons. The lowest BCUT2D eigenvalue weighted by molar-refractivity contribution is 0.669. The van der Waals surface area contributed by atoms with Crippen molar-refractivity contribution in [2.75, 3.05) is 0 Å². The van der Waals surface area contributed by atoms with Gasteiger partial charge in [-0.05, 0) is 47.0 Å². The summed E-state index contributed by atoms with van der Waals surface area (Å²) < 4.78 is 7.66. The molecule has 0 N–H and O–H groups in total.